The highest BCUT2D eigenvalue weighted by molar-refractivity contribution is 5.99. The maximum Gasteiger partial charge on any atom is 0.256 e. The fourth-order valence-electron chi connectivity index (χ4n) is 2.59. The minimum atomic E-state index is 0.0366. The zero-order chi connectivity index (χ0) is 13.8. The van der Waals surface area contributed by atoms with Gasteiger partial charge in [0.25, 0.3) is 5.91 Å². The van der Waals surface area contributed by atoms with E-state index in [1.165, 1.54) is 12.8 Å². The van der Waals surface area contributed by atoms with E-state index in [2.05, 4.69) is 6.92 Å². The minimum absolute atomic E-state index is 0.0366. The maximum absolute atomic E-state index is 12.6. The Kier molecular flexibility index (Phi) is 4.30. The molecule has 0 spiro atoms. The first-order valence-electron chi connectivity index (χ1n) is 6.88. The molecule has 0 aromatic heterocycles. The van der Waals surface area contributed by atoms with E-state index in [9.17, 15) is 4.79 Å². The average Bonchev–Trinajstić information content (AvgIpc) is 2.62. The summed E-state index contributed by atoms with van der Waals surface area (Å²) in [6, 6.07) is 5.53. The molecule has 1 unspecified atom stereocenters. The van der Waals surface area contributed by atoms with Crippen LogP contribution in [-0.2, 0) is 0 Å². The second kappa shape index (κ2) is 5.95. The number of carbonyl (C=O) groups is 1. The SMILES string of the molecule is COc1ccc(C(=O)N2CCCCCC2C)c(N)c1. The number of hydrogen-bond acceptors (Lipinski definition) is 3. The van der Waals surface area contributed by atoms with Crippen molar-refractivity contribution in [2.75, 3.05) is 19.4 Å². The molecule has 1 aliphatic heterocycles. The molecule has 1 fully saturated rings. The van der Waals surface area contributed by atoms with Gasteiger partial charge in [0.15, 0.2) is 0 Å². The zero-order valence-electron chi connectivity index (χ0n) is 11.7. The number of benzene rings is 1. The molecule has 4 heteroatoms. The molecule has 1 heterocycles. The molecule has 19 heavy (non-hydrogen) atoms. The highest BCUT2D eigenvalue weighted by atomic mass is 16.5. The smallest absolute Gasteiger partial charge is 0.256 e. The lowest BCUT2D eigenvalue weighted by molar-refractivity contribution is 0.0699. The van der Waals surface area contributed by atoms with E-state index in [1.807, 2.05) is 4.90 Å². The molecule has 0 radical (unpaired) electrons. The number of ether oxygens (including phenoxy) is 1. The first kappa shape index (κ1) is 13.7. The Morgan fingerprint density at radius 1 is 1.37 bits per heavy atom. The quantitative estimate of drug-likeness (QED) is 0.834. The third-order valence-electron chi connectivity index (χ3n) is 3.80. The van der Waals surface area contributed by atoms with Crippen molar-refractivity contribution >= 4 is 11.6 Å². The number of likely N-dealkylation sites (tertiary alicyclic amines) is 1. The van der Waals surface area contributed by atoms with Crippen LogP contribution in [0.5, 0.6) is 5.75 Å². The van der Waals surface area contributed by atoms with Crippen molar-refractivity contribution in [3.05, 3.63) is 23.8 Å². The van der Waals surface area contributed by atoms with Crippen molar-refractivity contribution in [3.8, 4) is 5.75 Å². The van der Waals surface area contributed by atoms with Crippen LogP contribution in [0.2, 0.25) is 0 Å². The highest BCUT2D eigenvalue weighted by Gasteiger charge is 2.24. The first-order chi connectivity index (χ1) is 9.13. The normalized spacial score (nSPS) is 19.9. The third-order valence-corrected chi connectivity index (χ3v) is 3.80. The third kappa shape index (κ3) is 3.00. The second-order valence-corrected chi connectivity index (χ2v) is 5.15. The highest BCUT2D eigenvalue weighted by Crippen LogP contribution is 2.24. The Morgan fingerprint density at radius 3 is 2.84 bits per heavy atom. The number of hydrogen-bond donors (Lipinski definition) is 1. The Balaban J connectivity index is 2.22. The van der Waals surface area contributed by atoms with Crippen molar-refractivity contribution in [2.45, 2.75) is 38.6 Å². The van der Waals surface area contributed by atoms with Crippen LogP contribution in [0.1, 0.15) is 43.0 Å². The molecule has 1 aromatic rings. The fourth-order valence-corrected chi connectivity index (χ4v) is 2.59. The molecule has 1 amide bonds. The average molecular weight is 262 g/mol. The molecule has 2 rings (SSSR count). The molecule has 4 nitrogen and oxygen atoms in total. The van der Waals surface area contributed by atoms with E-state index >= 15 is 0 Å². The van der Waals surface area contributed by atoms with E-state index < -0.39 is 0 Å². The summed E-state index contributed by atoms with van der Waals surface area (Å²) in [6.45, 7) is 2.94. The summed E-state index contributed by atoms with van der Waals surface area (Å²) < 4.78 is 5.11. The molecule has 104 valence electrons. The van der Waals surface area contributed by atoms with Crippen LogP contribution in [0.3, 0.4) is 0 Å². The van der Waals surface area contributed by atoms with Crippen LogP contribution < -0.4 is 10.5 Å². The molecule has 2 N–H and O–H groups in total. The lowest BCUT2D eigenvalue weighted by atomic mass is 10.1. The van der Waals surface area contributed by atoms with Crippen LogP contribution in [0, 0.1) is 0 Å². The molecule has 0 saturated carbocycles. The summed E-state index contributed by atoms with van der Waals surface area (Å²) in [7, 11) is 1.59. The number of nitrogens with two attached hydrogens (primary N) is 1. The van der Waals surface area contributed by atoms with Crippen molar-refractivity contribution in [1.82, 2.24) is 4.90 Å². The van der Waals surface area contributed by atoms with Crippen LogP contribution in [0.15, 0.2) is 18.2 Å². The molecule has 1 saturated heterocycles. The Hall–Kier alpha value is -1.71. The summed E-state index contributed by atoms with van der Waals surface area (Å²) in [5.41, 5.74) is 7.03. The van der Waals surface area contributed by atoms with Crippen LogP contribution in [0.4, 0.5) is 5.69 Å². The molecule has 1 aromatic carbocycles. The number of methoxy groups -OCH3 is 1. The number of nitrogen functional groups attached to an aromatic ring is 1. The monoisotopic (exact) mass is 262 g/mol. The molecule has 0 aliphatic carbocycles. The van der Waals surface area contributed by atoms with Gasteiger partial charge in [-0.15, -0.1) is 0 Å². The fraction of sp³-hybridized carbons (Fsp3) is 0.533. The largest absolute Gasteiger partial charge is 0.497 e. The van der Waals surface area contributed by atoms with E-state index in [-0.39, 0.29) is 11.9 Å². The predicted molar refractivity (Wildman–Crippen MR) is 76.4 cm³/mol. The first-order valence-corrected chi connectivity index (χ1v) is 6.88. The van der Waals surface area contributed by atoms with Crippen molar-refractivity contribution in [1.29, 1.82) is 0 Å². The van der Waals surface area contributed by atoms with Crippen LogP contribution >= 0.6 is 0 Å². The van der Waals surface area contributed by atoms with Crippen molar-refractivity contribution < 1.29 is 9.53 Å². The topological polar surface area (TPSA) is 55.6 Å². The Bertz CT molecular complexity index is 459. The summed E-state index contributed by atoms with van der Waals surface area (Å²) in [4.78, 5) is 14.5. The molecular weight excluding hydrogens is 240 g/mol. The van der Waals surface area contributed by atoms with E-state index in [0.717, 1.165) is 19.4 Å². The van der Waals surface area contributed by atoms with Gasteiger partial charge >= 0.3 is 0 Å². The summed E-state index contributed by atoms with van der Waals surface area (Å²) in [5, 5.41) is 0. The number of amides is 1. The maximum atomic E-state index is 12.6. The van der Waals surface area contributed by atoms with Gasteiger partial charge in [-0.25, -0.2) is 0 Å². The van der Waals surface area contributed by atoms with Gasteiger partial charge in [-0.3, -0.25) is 4.79 Å². The van der Waals surface area contributed by atoms with Crippen LogP contribution in [0.25, 0.3) is 0 Å². The van der Waals surface area contributed by atoms with Gasteiger partial charge in [0.2, 0.25) is 0 Å². The van der Waals surface area contributed by atoms with Crippen molar-refractivity contribution in [3.63, 3.8) is 0 Å². The lowest BCUT2D eigenvalue weighted by Crippen LogP contribution is -2.38. The summed E-state index contributed by atoms with van der Waals surface area (Å²) in [6.07, 6.45) is 4.54. The summed E-state index contributed by atoms with van der Waals surface area (Å²) >= 11 is 0. The minimum Gasteiger partial charge on any atom is -0.497 e. The van der Waals surface area contributed by atoms with Gasteiger partial charge in [-0.1, -0.05) is 12.8 Å². The molecule has 1 aliphatic rings. The second-order valence-electron chi connectivity index (χ2n) is 5.15. The predicted octanol–water partition coefficient (Wildman–Crippen LogP) is 2.68. The van der Waals surface area contributed by atoms with Crippen LogP contribution in [-0.4, -0.2) is 30.5 Å². The number of carbonyl (C=O) groups excluding carboxylic acids is 1. The lowest BCUT2D eigenvalue weighted by Gasteiger charge is -2.27. The van der Waals surface area contributed by atoms with Gasteiger partial charge in [-0.2, -0.15) is 0 Å². The number of nitrogens with zero attached hydrogens (tertiary/aromatic N) is 1. The standard InChI is InChI=1S/C15H22N2O2/c1-11-6-4-3-5-9-17(11)15(18)13-8-7-12(19-2)10-14(13)16/h7-8,10-11H,3-6,9,16H2,1-2H3. The summed E-state index contributed by atoms with van der Waals surface area (Å²) in [5.74, 6) is 0.715. The Labute approximate surface area is 114 Å². The van der Waals surface area contributed by atoms with E-state index in [0.29, 0.717) is 17.0 Å². The van der Waals surface area contributed by atoms with Gasteiger partial charge in [-0.05, 0) is 31.9 Å². The molecule has 0 bridgehead atoms. The number of rotatable bonds is 2. The van der Waals surface area contributed by atoms with Gasteiger partial charge in [0, 0.05) is 24.3 Å². The van der Waals surface area contributed by atoms with E-state index in [4.69, 9.17) is 10.5 Å². The molecular formula is C15H22N2O2. The van der Waals surface area contributed by atoms with Crippen molar-refractivity contribution in [2.24, 2.45) is 0 Å². The van der Waals surface area contributed by atoms with E-state index in [1.54, 1.807) is 25.3 Å². The van der Waals surface area contributed by atoms with Gasteiger partial charge in [0.1, 0.15) is 5.75 Å². The Morgan fingerprint density at radius 2 is 2.16 bits per heavy atom. The van der Waals surface area contributed by atoms with Gasteiger partial charge in [0.05, 0.1) is 12.7 Å². The number of anilines is 1. The zero-order valence-corrected chi connectivity index (χ0v) is 11.7. The van der Waals surface area contributed by atoms with Gasteiger partial charge < -0.3 is 15.4 Å². The molecule has 1 atom stereocenters.